The van der Waals surface area contributed by atoms with Gasteiger partial charge >= 0.3 is 6.03 Å². The third-order valence-corrected chi connectivity index (χ3v) is 4.44. The zero-order valence-electron chi connectivity index (χ0n) is 15.1. The van der Waals surface area contributed by atoms with Crippen LogP contribution in [0.1, 0.15) is 26.7 Å². The number of nitrogens with zero attached hydrogens (tertiary/aromatic N) is 1. The van der Waals surface area contributed by atoms with Crippen LogP contribution in [0, 0.1) is 0 Å². The zero-order chi connectivity index (χ0) is 17.6. The van der Waals surface area contributed by atoms with Crippen LogP contribution < -0.4 is 15.4 Å². The van der Waals surface area contributed by atoms with Crippen LogP contribution in [0.5, 0.6) is 5.75 Å². The highest BCUT2D eigenvalue weighted by Gasteiger charge is 2.21. The van der Waals surface area contributed by atoms with Gasteiger partial charge in [-0.25, -0.2) is 4.79 Å². The molecule has 2 amide bonds. The van der Waals surface area contributed by atoms with E-state index in [1.807, 2.05) is 38.4 Å². The van der Waals surface area contributed by atoms with Crippen LogP contribution >= 0.6 is 0 Å². The molecule has 2 N–H and O–H groups in total. The average Bonchev–Trinajstić information content (AvgIpc) is 3.05. The van der Waals surface area contributed by atoms with Crippen molar-refractivity contribution in [1.29, 1.82) is 0 Å². The van der Waals surface area contributed by atoms with E-state index in [4.69, 9.17) is 9.47 Å². The second kappa shape index (κ2) is 8.35. The average molecular weight is 335 g/mol. The molecule has 1 atom stereocenters. The summed E-state index contributed by atoms with van der Waals surface area (Å²) in [7, 11) is 3.99. The number of benzene rings is 1. The molecule has 1 aliphatic heterocycles. The van der Waals surface area contributed by atoms with Crippen molar-refractivity contribution in [2.75, 3.05) is 39.2 Å². The SMILES string of the molecule is CN(C)C(C)(C)CNC(=O)Nc1cccc(OCC2CCCO2)c1. The molecule has 1 heterocycles. The number of hydrogen-bond donors (Lipinski definition) is 2. The molecule has 2 rings (SSSR count). The first-order valence-electron chi connectivity index (χ1n) is 8.43. The lowest BCUT2D eigenvalue weighted by Crippen LogP contribution is -2.49. The number of nitrogens with one attached hydrogen (secondary N) is 2. The van der Waals surface area contributed by atoms with Crippen LogP contribution in [-0.2, 0) is 4.74 Å². The minimum atomic E-state index is -0.221. The van der Waals surface area contributed by atoms with E-state index in [1.54, 1.807) is 0 Å². The van der Waals surface area contributed by atoms with Gasteiger partial charge in [-0.3, -0.25) is 0 Å². The summed E-state index contributed by atoms with van der Waals surface area (Å²) in [6.07, 6.45) is 2.32. The molecule has 0 saturated carbocycles. The van der Waals surface area contributed by atoms with Crippen molar-refractivity contribution in [2.45, 2.75) is 38.3 Å². The number of urea groups is 1. The summed E-state index contributed by atoms with van der Waals surface area (Å²) in [6.45, 7) is 6.08. The van der Waals surface area contributed by atoms with Crippen LogP contribution in [0.2, 0.25) is 0 Å². The van der Waals surface area contributed by atoms with Gasteiger partial charge in [-0.2, -0.15) is 0 Å². The summed E-state index contributed by atoms with van der Waals surface area (Å²) in [5.41, 5.74) is 0.601. The van der Waals surface area contributed by atoms with Crippen LogP contribution in [0.3, 0.4) is 0 Å². The molecule has 1 saturated heterocycles. The fraction of sp³-hybridized carbons (Fsp3) is 0.611. The van der Waals surface area contributed by atoms with Gasteiger partial charge in [0.1, 0.15) is 12.4 Å². The van der Waals surface area contributed by atoms with Crippen molar-refractivity contribution in [3.63, 3.8) is 0 Å². The molecule has 0 spiro atoms. The minimum Gasteiger partial charge on any atom is -0.491 e. The van der Waals surface area contributed by atoms with Crippen LogP contribution in [0.15, 0.2) is 24.3 Å². The lowest BCUT2D eigenvalue weighted by Gasteiger charge is -2.32. The molecule has 6 heteroatoms. The standard InChI is InChI=1S/C18H29N3O3/c1-18(2,21(3)4)13-19-17(22)20-14-7-5-8-15(11-14)24-12-16-9-6-10-23-16/h5,7-8,11,16H,6,9-10,12-13H2,1-4H3,(H2,19,20,22). The van der Waals surface area contributed by atoms with Gasteiger partial charge in [0.15, 0.2) is 0 Å². The van der Waals surface area contributed by atoms with Gasteiger partial charge in [0.05, 0.1) is 6.10 Å². The molecule has 0 radical (unpaired) electrons. The topological polar surface area (TPSA) is 62.8 Å². The molecule has 24 heavy (non-hydrogen) atoms. The number of amides is 2. The van der Waals surface area contributed by atoms with Crippen molar-refractivity contribution >= 4 is 11.7 Å². The first-order valence-corrected chi connectivity index (χ1v) is 8.43. The predicted octanol–water partition coefficient (Wildman–Crippen LogP) is 2.71. The quantitative estimate of drug-likeness (QED) is 0.804. The van der Waals surface area contributed by atoms with E-state index in [1.165, 1.54) is 0 Å². The predicted molar refractivity (Wildman–Crippen MR) is 95.7 cm³/mol. The molecule has 1 unspecified atom stereocenters. The fourth-order valence-electron chi connectivity index (χ4n) is 2.26. The molecule has 1 aliphatic rings. The minimum absolute atomic E-state index is 0.108. The van der Waals surface area contributed by atoms with Gasteiger partial charge in [0.25, 0.3) is 0 Å². The number of carbonyl (C=O) groups is 1. The fourth-order valence-corrected chi connectivity index (χ4v) is 2.26. The second-order valence-corrected chi connectivity index (χ2v) is 6.99. The smallest absolute Gasteiger partial charge is 0.319 e. The summed E-state index contributed by atoms with van der Waals surface area (Å²) in [6, 6.07) is 7.19. The Morgan fingerprint density at radius 1 is 1.42 bits per heavy atom. The summed E-state index contributed by atoms with van der Waals surface area (Å²) in [5.74, 6) is 0.733. The molecular formula is C18H29N3O3. The van der Waals surface area contributed by atoms with E-state index >= 15 is 0 Å². The maximum absolute atomic E-state index is 12.1. The van der Waals surface area contributed by atoms with Crippen LogP contribution in [-0.4, -0.2) is 56.4 Å². The van der Waals surface area contributed by atoms with Crippen molar-refractivity contribution in [1.82, 2.24) is 10.2 Å². The summed E-state index contributed by atoms with van der Waals surface area (Å²) in [4.78, 5) is 14.1. The Bertz CT molecular complexity index is 540. The van der Waals surface area contributed by atoms with E-state index in [0.29, 0.717) is 18.8 Å². The number of hydrogen-bond acceptors (Lipinski definition) is 4. The van der Waals surface area contributed by atoms with Gasteiger partial charge < -0.3 is 25.0 Å². The monoisotopic (exact) mass is 335 g/mol. The molecular weight excluding hydrogens is 306 g/mol. The van der Waals surface area contributed by atoms with E-state index in [9.17, 15) is 4.79 Å². The Morgan fingerprint density at radius 3 is 2.88 bits per heavy atom. The van der Waals surface area contributed by atoms with Crippen LogP contribution in [0.25, 0.3) is 0 Å². The van der Waals surface area contributed by atoms with Gasteiger partial charge in [-0.1, -0.05) is 6.07 Å². The first-order chi connectivity index (χ1) is 11.4. The van der Waals surface area contributed by atoms with Crippen molar-refractivity contribution in [3.8, 4) is 5.75 Å². The van der Waals surface area contributed by atoms with E-state index in [0.717, 1.165) is 25.2 Å². The van der Waals surface area contributed by atoms with Gasteiger partial charge in [0.2, 0.25) is 0 Å². The van der Waals surface area contributed by atoms with E-state index in [-0.39, 0.29) is 17.7 Å². The third kappa shape index (κ3) is 5.69. The van der Waals surface area contributed by atoms with Crippen LogP contribution in [0.4, 0.5) is 10.5 Å². The van der Waals surface area contributed by atoms with Gasteiger partial charge in [-0.15, -0.1) is 0 Å². The largest absolute Gasteiger partial charge is 0.491 e. The van der Waals surface area contributed by atoms with Gasteiger partial charge in [0, 0.05) is 30.4 Å². The third-order valence-electron chi connectivity index (χ3n) is 4.44. The lowest BCUT2D eigenvalue weighted by molar-refractivity contribution is 0.0680. The highest BCUT2D eigenvalue weighted by atomic mass is 16.5. The van der Waals surface area contributed by atoms with E-state index < -0.39 is 0 Å². The summed E-state index contributed by atoms with van der Waals surface area (Å²) >= 11 is 0. The number of anilines is 1. The van der Waals surface area contributed by atoms with Crippen molar-refractivity contribution < 1.29 is 14.3 Å². The lowest BCUT2D eigenvalue weighted by atomic mass is 10.1. The maximum atomic E-state index is 12.1. The van der Waals surface area contributed by atoms with Crippen molar-refractivity contribution in [3.05, 3.63) is 24.3 Å². The molecule has 0 aliphatic carbocycles. The zero-order valence-corrected chi connectivity index (χ0v) is 15.1. The number of ether oxygens (including phenoxy) is 2. The molecule has 1 aromatic rings. The number of likely N-dealkylation sites (N-methyl/N-ethyl adjacent to an activating group) is 1. The van der Waals surface area contributed by atoms with Crippen molar-refractivity contribution in [2.24, 2.45) is 0 Å². The number of carbonyl (C=O) groups excluding carboxylic acids is 1. The Labute approximate surface area is 144 Å². The molecule has 1 fully saturated rings. The second-order valence-electron chi connectivity index (χ2n) is 6.99. The molecule has 0 bridgehead atoms. The Hall–Kier alpha value is -1.79. The molecule has 6 nitrogen and oxygen atoms in total. The Morgan fingerprint density at radius 2 is 2.21 bits per heavy atom. The molecule has 134 valence electrons. The first kappa shape index (κ1) is 18.5. The normalized spacial score (nSPS) is 17.8. The van der Waals surface area contributed by atoms with E-state index in [2.05, 4.69) is 29.4 Å². The maximum Gasteiger partial charge on any atom is 0.319 e. The Balaban J connectivity index is 1.81. The van der Waals surface area contributed by atoms with Gasteiger partial charge in [-0.05, 0) is 52.9 Å². The Kier molecular flexibility index (Phi) is 6.45. The summed E-state index contributed by atoms with van der Waals surface area (Å²) < 4.78 is 11.3. The highest BCUT2D eigenvalue weighted by Crippen LogP contribution is 2.19. The number of rotatable bonds is 7. The highest BCUT2D eigenvalue weighted by molar-refractivity contribution is 5.89. The summed E-state index contributed by atoms with van der Waals surface area (Å²) in [5, 5.41) is 5.74. The molecule has 0 aromatic heterocycles. The molecule has 1 aromatic carbocycles.